The molecule has 1 atom stereocenters. The van der Waals surface area contributed by atoms with Crippen LogP contribution in [0.1, 0.15) is 56.0 Å². The number of hydrogen-bond donors (Lipinski definition) is 0. The lowest BCUT2D eigenvalue weighted by molar-refractivity contribution is 0.0922. The van der Waals surface area contributed by atoms with Crippen molar-refractivity contribution in [2.45, 2.75) is 26.4 Å². The summed E-state index contributed by atoms with van der Waals surface area (Å²) in [6.07, 6.45) is 2.06. The lowest BCUT2D eigenvalue weighted by Crippen LogP contribution is -2.22. The van der Waals surface area contributed by atoms with E-state index in [0.717, 1.165) is 5.56 Å². The minimum absolute atomic E-state index is 0.250. The third kappa shape index (κ3) is 8.64. The molecule has 0 fully saturated rings. The SMILES string of the molecule is Cc1ccccc1OP(Oc1ccccc1C=O)Oc1ccccc1C(C)(C)OP(Oc1ccccc1C=O)Oc1ccccc1C=O. The molecular formula is C37H32O9P2. The standard InChI is InChI=1S/C37H32O9P2/c1-27-14-4-9-19-32(27)41-47(42-33-20-10-5-15-28(33)24-38)45-36-23-13-8-18-31(36)37(2,3)46-48(43-34-21-11-6-16-29(34)25-39)44-35-22-12-7-17-30(35)26-40/h4-26H,1-3H3. The van der Waals surface area contributed by atoms with E-state index in [1.807, 2.05) is 51.1 Å². The van der Waals surface area contributed by atoms with Gasteiger partial charge in [-0.05, 0) is 74.9 Å². The molecule has 11 heteroatoms. The van der Waals surface area contributed by atoms with Gasteiger partial charge in [-0.2, -0.15) is 0 Å². The number of carbonyl (C=O) groups excluding carboxylic acids is 3. The molecule has 0 aromatic heterocycles. The summed E-state index contributed by atoms with van der Waals surface area (Å²) in [5, 5.41) is 0. The molecule has 0 heterocycles. The molecule has 0 aliphatic rings. The zero-order valence-electron chi connectivity index (χ0n) is 26.3. The fraction of sp³-hybridized carbons (Fsp3) is 0.108. The maximum atomic E-state index is 11.8. The van der Waals surface area contributed by atoms with Gasteiger partial charge in [-0.25, -0.2) is 0 Å². The molecule has 9 nitrogen and oxygen atoms in total. The van der Waals surface area contributed by atoms with Crippen molar-refractivity contribution in [2.24, 2.45) is 0 Å². The monoisotopic (exact) mass is 682 g/mol. The first-order valence-electron chi connectivity index (χ1n) is 14.8. The van der Waals surface area contributed by atoms with E-state index in [1.165, 1.54) is 0 Å². The lowest BCUT2D eigenvalue weighted by Gasteiger charge is -2.31. The zero-order valence-corrected chi connectivity index (χ0v) is 28.1. The highest BCUT2D eigenvalue weighted by Gasteiger charge is 2.35. The smallest absolute Gasteiger partial charge is 0.417 e. The van der Waals surface area contributed by atoms with Gasteiger partial charge in [0.15, 0.2) is 18.9 Å². The molecular weight excluding hydrogens is 650 g/mol. The van der Waals surface area contributed by atoms with Crippen LogP contribution in [-0.4, -0.2) is 18.9 Å². The van der Waals surface area contributed by atoms with Gasteiger partial charge in [0.1, 0.15) is 34.3 Å². The molecule has 5 aromatic rings. The van der Waals surface area contributed by atoms with Crippen molar-refractivity contribution >= 4 is 36.1 Å². The Balaban J connectivity index is 1.48. The minimum Gasteiger partial charge on any atom is -0.417 e. The van der Waals surface area contributed by atoms with Gasteiger partial charge in [0, 0.05) is 5.56 Å². The summed E-state index contributed by atoms with van der Waals surface area (Å²) in [5.41, 5.74) is 1.25. The molecule has 0 N–H and O–H groups in total. The molecule has 5 aromatic carbocycles. The van der Waals surface area contributed by atoms with Crippen LogP contribution in [0.4, 0.5) is 0 Å². The first-order valence-corrected chi connectivity index (χ1v) is 17.0. The Labute approximate surface area is 281 Å². The van der Waals surface area contributed by atoms with E-state index in [-0.39, 0.29) is 11.5 Å². The van der Waals surface area contributed by atoms with Gasteiger partial charge < -0.3 is 22.6 Å². The van der Waals surface area contributed by atoms with Crippen molar-refractivity contribution in [2.75, 3.05) is 0 Å². The Bertz CT molecular complexity index is 1820. The second kappa shape index (κ2) is 16.2. The highest BCUT2D eigenvalue weighted by atomic mass is 31.2. The van der Waals surface area contributed by atoms with Crippen molar-refractivity contribution in [3.63, 3.8) is 0 Å². The van der Waals surface area contributed by atoms with Crippen LogP contribution in [0.3, 0.4) is 0 Å². The first kappa shape index (κ1) is 34.3. The van der Waals surface area contributed by atoms with Gasteiger partial charge in [-0.1, -0.05) is 72.8 Å². The molecule has 48 heavy (non-hydrogen) atoms. The summed E-state index contributed by atoms with van der Waals surface area (Å²) in [5.74, 6) is 1.73. The van der Waals surface area contributed by atoms with Crippen LogP contribution in [0, 0.1) is 6.92 Å². The first-order chi connectivity index (χ1) is 23.3. The molecule has 0 aliphatic carbocycles. The normalized spacial score (nSPS) is 11.7. The highest BCUT2D eigenvalue weighted by molar-refractivity contribution is 7.43. The summed E-state index contributed by atoms with van der Waals surface area (Å²) in [4.78, 5) is 35.4. The Kier molecular flexibility index (Phi) is 11.5. The number of aryl methyl sites for hydroxylation is 1. The Morgan fingerprint density at radius 1 is 0.458 bits per heavy atom. The van der Waals surface area contributed by atoms with Crippen LogP contribution in [0.25, 0.3) is 0 Å². The number of benzene rings is 5. The second-order valence-electron chi connectivity index (χ2n) is 10.7. The topological polar surface area (TPSA) is 107 Å². The summed E-state index contributed by atoms with van der Waals surface area (Å²) in [7, 11) is -4.41. The van der Waals surface area contributed by atoms with Crippen molar-refractivity contribution in [1.82, 2.24) is 0 Å². The van der Waals surface area contributed by atoms with Crippen LogP contribution in [-0.2, 0) is 10.1 Å². The minimum atomic E-state index is -2.26. The van der Waals surface area contributed by atoms with E-state index in [4.69, 9.17) is 27.1 Å². The Morgan fingerprint density at radius 2 is 0.812 bits per heavy atom. The largest absolute Gasteiger partial charge is 0.530 e. The quantitative estimate of drug-likeness (QED) is 0.0743. The van der Waals surface area contributed by atoms with Crippen molar-refractivity contribution in [1.29, 1.82) is 0 Å². The summed E-state index contributed by atoms with van der Waals surface area (Å²) < 4.78 is 37.8. The fourth-order valence-electron chi connectivity index (χ4n) is 4.43. The van der Waals surface area contributed by atoms with E-state index >= 15 is 0 Å². The molecule has 0 saturated carbocycles. The van der Waals surface area contributed by atoms with Gasteiger partial charge in [-0.15, -0.1) is 0 Å². The molecule has 1 unspecified atom stereocenters. The van der Waals surface area contributed by atoms with E-state index in [2.05, 4.69) is 0 Å². The molecule has 0 radical (unpaired) electrons. The maximum Gasteiger partial charge on any atom is 0.530 e. The number of aldehydes is 3. The van der Waals surface area contributed by atoms with Crippen molar-refractivity contribution < 1.29 is 41.5 Å². The van der Waals surface area contributed by atoms with Gasteiger partial charge in [0.2, 0.25) is 0 Å². The third-order valence-corrected chi connectivity index (χ3v) is 9.27. The second-order valence-corrected chi connectivity index (χ2v) is 12.7. The predicted molar refractivity (Wildman–Crippen MR) is 184 cm³/mol. The molecule has 0 saturated heterocycles. The molecule has 0 bridgehead atoms. The van der Waals surface area contributed by atoms with E-state index in [9.17, 15) is 14.4 Å². The molecule has 244 valence electrons. The van der Waals surface area contributed by atoms with Crippen molar-refractivity contribution in [3.05, 3.63) is 149 Å². The van der Waals surface area contributed by atoms with Crippen LogP contribution in [0.15, 0.2) is 121 Å². The molecule has 0 aliphatic heterocycles. The number of para-hydroxylation sites is 5. The predicted octanol–water partition coefficient (Wildman–Crippen LogP) is 9.83. The number of carbonyl (C=O) groups is 3. The fourth-order valence-corrected chi connectivity index (χ4v) is 6.79. The van der Waals surface area contributed by atoms with Gasteiger partial charge in [-0.3, -0.25) is 18.9 Å². The summed E-state index contributed by atoms with van der Waals surface area (Å²) in [6, 6.07) is 34.8. The number of hydrogen-bond acceptors (Lipinski definition) is 9. The van der Waals surface area contributed by atoms with E-state index < -0.39 is 22.8 Å². The van der Waals surface area contributed by atoms with Crippen LogP contribution in [0.2, 0.25) is 0 Å². The van der Waals surface area contributed by atoms with Crippen LogP contribution < -0.4 is 22.6 Å². The highest BCUT2D eigenvalue weighted by Crippen LogP contribution is 2.52. The van der Waals surface area contributed by atoms with Crippen LogP contribution >= 0.6 is 17.2 Å². The van der Waals surface area contributed by atoms with E-state index in [1.54, 1.807) is 91.0 Å². The van der Waals surface area contributed by atoms with Crippen molar-refractivity contribution in [3.8, 4) is 28.7 Å². The van der Waals surface area contributed by atoms with Gasteiger partial charge in [0.05, 0.1) is 16.7 Å². The third-order valence-electron chi connectivity index (χ3n) is 6.93. The summed E-state index contributed by atoms with van der Waals surface area (Å²) >= 11 is 0. The van der Waals surface area contributed by atoms with Gasteiger partial charge in [0.25, 0.3) is 0 Å². The summed E-state index contributed by atoms with van der Waals surface area (Å²) in [6.45, 7) is 5.52. The zero-order chi connectivity index (χ0) is 33.9. The molecule has 5 rings (SSSR count). The Morgan fingerprint density at radius 3 is 1.29 bits per heavy atom. The van der Waals surface area contributed by atoms with Crippen LogP contribution in [0.5, 0.6) is 28.7 Å². The van der Waals surface area contributed by atoms with E-state index in [0.29, 0.717) is 58.4 Å². The Hall–Kier alpha value is -5.07. The molecule has 0 spiro atoms. The average molecular weight is 683 g/mol. The molecule has 0 amide bonds. The number of rotatable bonds is 16. The van der Waals surface area contributed by atoms with Gasteiger partial charge >= 0.3 is 17.2 Å². The average Bonchev–Trinajstić information content (AvgIpc) is 3.10. The lowest BCUT2D eigenvalue weighted by atomic mass is 9.98. The maximum absolute atomic E-state index is 11.8.